The van der Waals surface area contributed by atoms with E-state index in [1.165, 1.54) is 6.20 Å². The number of oxazole rings is 1. The number of amides is 3. The third kappa shape index (κ3) is 4.91. The minimum atomic E-state index is -0.391. The van der Waals surface area contributed by atoms with Gasteiger partial charge in [-0.15, -0.1) is 0 Å². The van der Waals surface area contributed by atoms with Crippen molar-refractivity contribution in [1.82, 2.24) is 24.6 Å². The van der Waals surface area contributed by atoms with Crippen molar-refractivity contribution in [3.8, 4) is 0 Å². The number of aromatic nitrogens is 3. The first kappa shape index (κ1) is 22.3. The quantitative estimate of drug-likeness (QED) is 0.478. The zero-order valence-electron chi connectivity index (χ0n) is 19.2. The summed E-state index contributed by atoms with van der Waals surface area (Å²) >= 11 is 0. The fourth-order valence-electron chi connectivity index (χ4n) is 4.06. The Morgan fingerprint density at radius 3 is 2.46 bits per heavy atom. The topological polar surface area (TPSA) is 114 Å². The van der Waals surface area contributed by atoms with Gasteiger partial charge in [0.2, 0.25) is 11.7 Å². The molecule has 178 valence electrons. The van der Waals surface area contributed by atoms with Crippen LogP contribution in [-0.4, -0.2) is 68.5 Å². The van der Waals surface area contributed by atoms with Crippen LogP contribution in [0.1, 0.15) is 26.8 Å². The van der Waals surface area contributed by atoms with E-state index in [1.54, 1.807) is 57.9 Å². The molecule has 0 bridgehead atoms. The number of nitrogens with zero attached hydrogens (tertiary/aromatic N) is 5. The van der Waals surface area contributed by atoms with Crippen molar-refractivity contribution < 1.29 is 18.8 Å². The molecule has 1 aliphatic rings. The van der Waals surface area contributed by atoms with Crippen LogP contribution in [0.15, 0.2) is 65.3 Å². The summed E-state index contributed by atoms with van der Waals surface area (Å²) in [5.41, 5.74) is 1.95. The van der Waals surface area contributed by atoms with Gasteiger partial charge in [0.15, 0.2) is 5.89 Å². The van der Waals surface area contributed by atoms with Crippen molar-refractivity contribution >= 4 is 34.3 Å². The number of carbonyl (C=O) groups is 3. The van der Waals surface area contributed by atoms with E-state index in [0.717, 1.165) is 5.39 Å². The summed E-state index contributed by atoms with van der Waals surface area (Å²) in [6.45, 7) is 3.72. The Hall–Kier alpha value is -4.47. The summed E-state index contributed by atoms with van der Waals surface area (Å²) in [6, 6.07) is 14.5. The molecule has 1 fully saturated rings. The molecule has 0 aliphatic carbocycles. The first-order valence-corrected chi connectivity index (χ1v) is 11.3. The zero-order chi connectivity index (χ0) is 24.4. The second kappa shape index (κ2) is 9.41. The third-order valence-electron chi connectivity index (χ3n) is 5.89. The second-order valence-electron chi connectivity index (χ2n) is 8.34. The number of hydrogen-bond acceptors (Lipinski definition) is 6. The van der Waals surface area contributed by atoms with Crippen LogP contribution in [-0.2, 0) is 11.3 Å². The average molecular weight is 473 g/mol. The molecular weight excluding hydrogens is 448 g/mol. The molecule has 10 nitrogen and oxygen atoms in total. The monoisotopic (exact) mass is 472 g/mol. The number of rotatable bonds is 5. The van der Waals surface area contributed by atoms with Crippen molar-refractivity contribution in [3.05, 3.63) is 78.1 Å². The maximum atomic E-state index is 12.9. The lowest BCUT2D eigenvalue weighted by atomic mass is 10.2. The molecule has 1 saturated heterocycles. The molecule has 5 rings (SSSR count). The molecule has 0 unspecified atom stereocenters. The number of piperazine rings is 1. The number of nitrogens with one attached hydrogen (secondary N) is 1. The highest BCUT2D eigenvalue weighted by atomic mass is 16.4. The van der Waals surface area contributed by atoms with Gasteiger partial charge in [0, 0.05) is 55.9 Å². The van der Waals surface area contributed by atoms with Crippen molar-refractivity contribution in [1.29, 1.82) is 0 Å². The maximum Gasteiger partial charge on any atom is 0.293 e. The van der Waals surface area contributed by atoms with Crippen LogP contribution in [0.2, 0.25) is 0 Å². The fraction of sp³-hybridized carbons (Fsp3) is 0.240. The molecule has 3 amide bonds. The summed E-state index contributed by atoms with van der Waals surface area (Å²) < 4.78 is 6.85. The van der Waals surface area contributed by atoms with Gasteiger partial charge in [-0.05, 0) is 30.3 Å². The molecule has 3 heterocycles. The molecule has 1 N–H and O–H groups in total. The van der Waals surface area contributed by atoms with Gasteiger partial charge in [-0.25, -0.2) is 4.98 Å². The minimum absolute atomic E-state index is 0.0163. The summed E-state index contributed by atoms with van der Waals surface area (Å²) in [5, 5.41) is 8.04. The van der Waals surface area contributed by atoms with Crippen molar-refractivity contribution in [2.45, 2.75) is 13.5 Å². The van der Waals surface area contributed by atoms with Gasteiger partial charge >= 0.3 is 0 Å². The molecule has 10 heteroatoms. The van der Waals surface area contributed by atoms with Crippen LogP contribution in [0.4, 0.5) is 5.69 Å². The number of fused-ring (bicyclic) bond motifs is 1. The van der Waals surface area contributed by atoms with Crippen LogP contribution in [0, 0.1) is 6.92 Å². The van der Waals surface area contributed by atoms with Crippen LogP contribution in [0.5, 0.6) is 0 Å². The Morgan fingerprint density at radius 2 is 1.74 bits per heavy atom. The van der Waals surface area contributed by atoms with E-state index in [9.17, 15) is 14.4 Å². The zero-order valence-corrected chi connectivity index (χ0v) is 19.2. The second-order valence-corrected chi connectivity index (χ2v) is 8.34. The molecule has 2 aromatic carbocycles. The van der Waals surface area contributed by atoms with E-state index in [2.05, 4.69) is 15.4 Å². The van der Waals surface area contributed by atoms with E-state index in [0.29, 0.717) is 48.8 Å². The predicted molar refractivity (Wildman–Crippen MR) is 128 cm³/mol. The molecule has 0 atom stereocenters. The van der Waals surface area contributed by atoms with Crippen molar-refractivity contribution in [2.24, 2.45) is 0 Å². The molecule has 35 heavy (non-hydrogen) atoms. The standard InChI is InChI=1S/C25H24N6O4/c1-17-26-14-22(35-17)24(33)27-20-7-8-21-19(13-20)15-31(28-21)16-23(32)29-9-11-30(12-10-29)25(34)18-5-3-2-4-6-18/h2-8,13-15H,9-12,16H2,1H3,(H,27,33). The molecule has 4 aromatic rings. The summed E-state index contributed by atoms with van der Waals surface area (Å²) in [5.74, 6) is 0.0869. The highest BCUT2D eigenvalue weighted by Gasteiger charge is 2.25. The number of carbonyl (C=O) groups excluding carboxylic acids is 3. The Morgan fingerprint density at radius 1 is 1.00 bits per heavy atom. The largest absolute Gasteiger partial charge is 0.436 e. The summed E-state index contributed by atoms with van der Waals surface area (Å²) in [4.78, 5) is 45.2. The molecule has 0 saturated carbocycles. The molecule has 0 radical (unpaired) electrons. The van der Waals surface area contributed by atoms with Gasteiger partial charge in [0.25, 0.3) is 11.8 Å². The molecule has 0 spiro atoms. The first-order chi connectivity index (χ1) is 17.0. The maximum absolute atomic E-state index is 12.9. The fourth-order valence-corrected chi connectivity index (χ4v) is 4.06. The lowest BCUT2D eigenvalue weighted by molar-refractivity contribution is -0.133. The lowest BCUT2D eigenvalue weighted by Gasteiger charge is -2.34. The SMILES string of the molecule is Cc1ncc(C(=O)Nc2ccc3nn(CC(=O)N4CCN(C(=O)c5ccccc5)CC4)cc3c2)o1. The molecule has 2 aromatic heterocycles. The molecule has 1 aliphatic heterocycles. The highest BCUT2D eigenvalue weighted by molar-refractivity contribution is 6.03. The average Bonchev–Trinajstić information content (AvgIpc) is 3.49. The van der Waals surface area contributed by atoms with Gasteiger partial charge in [-0.1, -0.05) is 18.2 Å². The van der Waals surface area contributed by atoms with Crippen LogP contribution < -0.4 is 5.32 Å². The van der Waals surface area contributed by atoms with E-state index in [1.807, 2.05) is 18.2 Å². The number of aryl methyl sites for hydroxylation is 1. The van der Waals surface area contributed by atoms with Gasteiger partial charge in [0.05, 0.1) is 11.7 Å². The van der Waals surface area contributed by atoms with E-state index in [-0.39, 0.29) is 24.1 Å². The predicted octanol–water partition coefficient (Wildman–Crippen LogP) is 2.57. The van der Waals surface area contributed by atoms with E-state index in [4.69, 9.17) is 4.42 Å². The van der Waals surface area contributed by atoms with Gasteiger partial charge < -0.3 is 19.5 Å². The third-order valence-corrected chi connectivity index (χ3v) is 5.89. The van der Waals surface area contributed by atoms with Crippen LogP contribution in [0.3, 0.4) is 0 Å². The number of benzene rings is 2. The Bertz CT molecular complexity index is 1390. The van der Waals surface area contributed by atoms with Crippen LogP contribution in [0.25, 0.3) is 10.9 Å². The Labute approximate surface area is 201 Å². The van der Waals surface area contributed by atoms with Gasteiger partial charge in [-0.3, -0.25) is 19.1 Å². The van der Waals surface area contributed by atoms with E-state index < -0.39 is 5.91 Å². The summed E-state index contributed by atoms with van der Waals surface area (Å²) in [7, 11) is 0. The van der Waals surface area contributed by atoms with Gasteiger partial charge in [0.1, 0.15) is 6.54 Å². The smallest absolute Gasteiger partial charge is 0.293 e. The van der Waals surface area contributed by atoms with E-state index >= 15 is 0 Å². The van der Waals surface area contributed by atoms with Crippen molar-refractivity contribution in [2.75, 3.05) is 31.5 Å². The Balaban J connectivity index is 1.18. The summed E-state index contributed by atoms with van der Waals surface area (Å²) in [6.07, 6.45) is 3.15. The lowest BCUT2D eigenvalue weighted by Crippen LogP contribution is -2.51. The highest BCUT2D eigenvalue weighted by Crippen LogP contribution is 2.19. The van der Waals surface area contributed by atoms with Crippen LogP contribution >= 0.6 is 0 Å². The number of anilines is 1. The minimum Gasteiger partial charge on any atom is -0.436 e. The number of hydrogen-bond donors (Lipinski definition) is 1. The van der Waals surface area contributed by atoms with Gasteiger partial charge in [-0.2, -0.15) is 5.10 Å². The van der Waals surface area contributed by atoms with Crippen molar-refractivity contribution in [3.63, 3.8) is 0 Å². The normalized spacial score (nSPS) is 13.7. The Kier molecular flexibility index (Phi) is 6.01. The molecular formula is C25H24N6O4. The first-order valence-electron chi connectivity index (χ1n) is 11.3.